The Kier molecular flexibility index (Phi) is 7.43. The van der Waals surface area contributed by atoms with E-state index in [2.05, 4.69) is 29.3 Å². The fourth-order valence-electron chi connectivity index (χ4n) is 3.71. The zero-order valence-electron chi connectivity index (χ0n) is 18.0. The molecule has 1 aromatic carbocycles. The molecule has 1 aliphatic rings. The zero-order valence-corrected chi connectivity index (χ0v) is 18.0. The summed E-state index contributed by atoms with van der Waals surface area (Å²) in [5, 5.41) is 6.98. The monoisotopic (exact) mass is 413 g/mol. The molecular formula is C22H31N5O3. The number of hydrogen-bond donors (Lipinski definition) is 1. The minimum absolute atomic E-state index is 0.00237. The third-order valence-electron chi connectivity index (χ3n) is 5.25. The molecule has 8 nitrogen and oxygen atoms in total. The predicted octanol–water partition coefficient (Wildman–Crippen LogP) is 2.64. The number of likely N-dealkylation sites (tertiary alicyclic amines) is 1. The fraction of sp³-hybridized carbons (Fsp3) is 0.545. The van der Waals surface area contributed by atoms with E-state index in [-0.39, 0.29) is 18.0 Å². The van der Waals surface area contributed by atoms with Crippen LogP contribution >= 0.6 is 0 Å². The van der Waals surface area contributed by atoms with Crippen LogP contribution in [0.25, 0.3) is 0 Å². The molecule has 1 unspecified atom stereocenters. The van der Waals surface area contributed by atoms with E-state index < -0.39 is 0 Å². The topological polar surface area (TPSA) is 91.6 Å². The number of urea groups is 1. The summed E-state index contributed by atoms with van der Waals surface area (Å²) in [7, 11) is 0. The Morgan fingerprint density at radius 3 is 2.77 bits per heavy atom. The molecule has 1 aliphatic heterocycles. The molecule has 0 bridgehead atoms. The molecule has 1 atom stereocenters. The van der Waals surface area contributed by atoms with Crippen molar-refractivity contribution in [1.82, 2.24) is 25.3 Å². The zero-order chi connectivity index (χ0) is 21.5. The molecule has 162 valence electrons. The summed E-state index contributed by atoms with van der Waals surface area (Å²) < 4.78 is 5.28. The van der Waals surface area contributed by atoms with Crippen LogP contribution in [0, 0.1) is 5.92 Å². The van der Waals surface area contributed by atoms with Crippen LogP contribution in [0.2, 0.25) is 0 Å². The van der Waals surface area contributed by atoms with Gasteiger partial charge >= 0.3 is 6.03 Å². The van der Waals surface area contributed by atoms with Gasteiger partial charge in [-0.2, -0.15) is 4.98 Å². The van der Waals surface area contributed by atoms with Gasteiger partial charge in [-0.25, -0.2) is 4.79 Å². The Morgan fingerprint density at radius 2 is 2.07 bits per heavy atom. The Bertz CT molecular complexity index is 836. The van der Waals surface area contributed by atoms with Crippen molar-refractivity contribution in [2.45, 2.75) is 52.6 Å². The van der Waals surface area contributed by atoms with Gasteiger partial charge in [0.15, 0.2) is 5.82 Å². The third kappa shape index (κ3) is 6.05. The van der Waals surface area contributed by atoms with Crippen molar-refractivity contribution in [2.24, 2.45) is 5.92 Å². The van der Waals surface area contributed by atoms with Crippen LogP contribution in [0.1, 0.15) is 44.5 Å². The summed E-state index contributed by atoms with van der Waals surface area (Å²) in [6, 6.07) is 9.73. The maximum Gasteiger partial charge on any atom is 0.317 e. The maximum absolute atomic E-state index is 12.5. The van der Waals surface area contributed by atoms with Crippen molar-refractivity contribution in [1.29, 1.82) is 0 Å². The summed E-state index contributed by atoms with van der Waals surface area (Å²) in [4.78, 5) is 32.8. The van der Waals surface area contributed by atoms with E-state index >= 15 is 0 Å². The maximum atomic E-state index is 12.5. The minimum Gasteiger partial charge on any atom is -0.339 e. The second-order valence-electron chi connectivity index (χ2n) is 8.20. The van der Waals surface area contributed by atoms with E-state index in [1.165, 1.54) is 0 Å². The number of hydrogen-bond acceptors (Lipinski definition) is 5. The third-order valence-corrected chi connectivity index (χ3v) is 5.25. The molecule has 2 aromatic rings. The van der Waals surface area contributed by atoms with Crippen LogP contribution in [0.5, 0.6) is 0 Å². The van der Waals surface area contributed by atoms with Crippen LogP contribution in [-0.4, -0.2) is 57.6 Å². The van der Waals surface area contributed by atoms with Crippen molar-refractivity contribution in [3.63, 3.8) is 0 Å². The van der Waals surface area contributed by atoms with Crippen molar-refractivity contribution in [2.75, 3.05) is 19.6 Å². The first-order valence-electron chi connectivity index (χ1n) is 10.6. The molecule has 0 spiro atoms. The molecule has 2 heterocycles. The van der Waals surface area contributed by atoms with Crippen molar-refractivity contribution >= 4 is 11.9 Å². The van der Waals surface area contributed by atoms with E-state index in [9.17, 15) is 9.59 Å². The van der Waals surface area contributed by atoms with Crippen molar-refractivity contribution in [3.05, 3.63) is 47.6 Å². The first-order valence-corrected chi connectivity index (χ1v) is 10.6. The number of rotatable bonds is 8. The Hall–Kier alpha value is -2.90. The summed E-state index contributed by atoms with van der Waals surface area (Å²) in [6.45, 7) is 7.94. The smallest absolute Gasteiger partial charge is 0.317 e. The van der Waals surface area contributed by atoms with E-state index in [4.69, 9.17) is 4.52 Å². The average Bonchev–Trinajstić information content (AvgIpc) is 3.36. The molecule has 3 amide bonds. The highest BCUT2D eigenvalue weighted by atomic mass is 16.5. The number of carbonyl (C=O) groups is 2. The van der Waals surface area contributed by atoms with E-state index in [1.54, 1.807) is 11.8 Å². The molecule has 8 heteroatoms. The number of nitrogens with zero attached hydrogens (tertiary/aromatic N) is 4. The van der Waals surface area contributed by atoms with Crippen molar-refractivity contribution < 1.29 is 14.1 Å². The van der Waals surface area contributed by atoms with Gasteiger partial charge in [-0.1, -0.05) is 49.3 Å². The van der Waals surface area contributed by atoms with Gasteiger partial charge in [0.1, 0.15) is 0 Å². The van der Waals surface area contributed by atoms with E-state index in [0.717, 1.165) is 18.4 Å². The summed E-state index contributed by atoms with van der Waals surface area (Å²) >= 11 is 0. The number of amides is 3. The predicted molar refractivity (Wildman–Crippen MR) is 113 cm³/mol. The van der Waals surface area contributed by atoms with Gasteiger partial charge in [0, 0.05) is 45.9 Å². The number of aromatic nitrogens is 2. The van der Waals surface area contributed by atoms with E-state index in [0.29, 0.717) is 50.2 Å². The molecule has 1 aromatic heterocycles. The summed E-state index contributed by atoms with van der Waals surface area (Å²) in [6.07, 6.45) is 2.06. The number of carbonyl (C=O) groups excluding carboxylic acids is 2. The van der Waals surface area contributed by atoms with Crippen LogP contribution < -0.4 is 5.32 Å². The average molecular weight is 414 g/mol. The first kappa shape index (κ1) is 21.8. The molecule has 0 aliphatic carbocycles. The van der Waals surface area contributed by atoms with Crippen LogP contribution in [0.15, 0.2) is 34.9 Å². The molecule has 0 saturated carbocycles. The van der Waals surface area contributed by atoms with E-state index in [1.807, 2.05) is 35.2 Å². The van der Waals surface area contributed by atoms with Crippen LogP contribution in [0.3, 0.4) is 0 Å². The standard InChI is InChI=1S/C22H31N5O3/c1-16(2)13-21-24-20(25-30-21)10-12-27(17(3)28)19-9-11-26(15-19)22(29)23-14-18-7-5-4-6-8-18/h4-8,16,19H,9-15H2,1-3H3,(H,23,29). The molecular weight excluding hydrogens is 382 g/mol. The van der Waals surface area contributed by atoms with Crippen molar-refractivity contribution in [3.8, 4) is 0 Å². The highest BCUT2D eigenvalue weighted by Gasteiger charge is 2.31. The molecule has 0 radical (unpaired) electrons. The lowest BCUT2D eigenvalue weighted by atomic mass is 10.1. The van der Waals surface area contributed by atoms with Gasteiger partial charge in [-0.3, -0.25) is 4.79 Å². The van der Waals surface area contributed by atoms with Gasteiger partial charge in [-0.15, -0.1) is 0 Å². The largest absolute Gasteiger partial charge is 0.339 e. The summed E-state index contributed by atoms with van der Waals surface area (Å²) in [5.74, 6) is 1.70. The molecule has 3 rings (SSSR count). The quantitative estimate of drug-likeness (QED) is 0.718. The lowest BCUT2D eigenvalue weighted by molar-refractivity contribution is -0.130. The number of nitrogens with one attached hydrogen (secondary N) is 1. The van der Waals surface area contributed by atoms with Gasteiger partial charge in [0.2, 0.25) is 11.8 Å². The highest BCUT2D eigenvalue weighted by molar-refractivity contribution is 5.76. The van der Waals surface area contributed by atoms with Gasteiger partial charge in [0.05, 0.1) is 6.04 Å². The minimum atomic E-state index is -0.0960. The molecule has 1 fully saturated rings. The SMILES string of the molecule is CC(=O)N(CCc1noc(CC(C)C)n1)C1CCN(C(=O)NCc2ccccc2)C1. The Balaban J connectivity index is 1.49. The normalized spacial score (nSPS) is 16.1. The molecule has 1 N–H and O–H groups in total. The van der Waals surface area contributed by atoms with Gasteiger partial charge in [0.25, 0.3) is 0 Å². The first-order chi connectivity index (χ1) is 14.4. The lowest BCUT2D eigenvalue weighted by Crippen LogP contribution is -2.44. The number of benzene rings is 1. The second kappa shape index (κ2) is 10.2. The lowest BCUT2D eigenvalue weighted by Gasteiger charge is -2.27. The summed E-state index contributed by atoms with van der Waals surface area (Å²) in [5.41, 5.74) is 1.06. The molecule has 30 heavy (non-hydrogen) atoms. The van der Waals surface area contributed by atoms with Crippen LogP contribution in [0.4, 0.5) is 4.79 Å². The van der Waals surface area contributed by atoms with Gasteiger partial charge in [-0.05, 0) is 17.9 Å². The fourth-order valence-corrected chi connectivity index (χ4v) is 3.71. The molecule has 1 saturated heterocycles. The Labute approximate surface area is 177 Å². The van der Waals surface area contributed by atoms with Gasteiger partial charge < -0.3 is 19.6 Å². The Morgan fingerprint density at radius 1 is 1.30 bits per heavy atom. The highest BCUT2D eigenvalue weighted by Crippen LogP contribution is 2.17. The second-order valence-corrected chi connectivity index (χ2v) is 8.20. The van der Waals surface area contributed by atoms with Crippen LogP contribution in [-0.2, 0) is 24.2 Å².